The van der Waals surface area contributed by atoms with E-state index in [9.17, 15) is 9.59 Å². The van der Waals surface area contributed by atoms with Crippen molar-refractivity contribution in [2.45, 2.75) is 53.1 Å². The molecule has 0 spiro atoms. The summed E-state index contributed by atoms with van der Waals surface area (Å²) >= 11 is 0. The predicted molar refractivity (Wildman–Crippen MR) is 116 cm³/mol. The number of likely N-dealkylation sites (N-methyl/N-ethyl adjacent to an activating group) is 1. The zero-order chi connectivity index (χ0) is 21.4. The molecule has 2 aromatic rings. The van der Waals surface area contributed by atoms with Gasteiger partial charge in [-0.15, -0.1) is 0 Å². The molecule has 2 amide bonds. The highest BCUT2D eigenvalue weighted by molar-refractivity contribution is 5.87. The van der Waals surface area contributed by atoms with Crippen LogP contribution in [0.4, 0.5) is 0 Å². The first-order valence-electron chi connectivity index (χ1n) is 10.2. The van der Waals surface area contributed by atoms with Gasteiger partial charge in [-0.3, -0.25) is 9.59 Å². The number of carbonyl (C=O) groups excluding carboxylic acids is 2. The van der Waals surface area contributed by atoms with Crippen LogP contribution >= 0.6 is 0 Å². The molecule has 0 fully saturated rings. The Labute approximate surface area is 174 Å². The number of ether oxygens (including phenoxy) is 1. The van der Waals surface area contributed by atoms with Crippen LogP contribution in [0.15, 0.2) is 48.5 Å². The lowest BCUT2D eigenvalue weighted by molar-refractivity contribution is -0.142. The fourth-order valence-electron chi connectivity index (χ4n) is 3.22. The zero-order valence-corrected chi connectivity index (χ0v) is 18.1. The second-order valence-corrected chi connectivity index (χ2v) is 7.56. The minimum absolute atomic E-state index is 0.112. The molecule has 29 heavy (non-hydrogen) atoms. The Balaban J connectivity index is 2.18. The van der Waals surface area contributed by atoms with E-state index in [-0.39, 0.29) is 18.4 Å². The van der Waals surface area contributed by atoms with Crippen molar-refractivity contribution in [1.82, 2.24) is 10.2 Å². The number of nitrogens with zero attached hydrogens (tertiary/aromatic N) is 1. The van der Waals surface area contributed by atoms with E-state index in [4.69, 9.17) is 4.74 Å². The fourth-order valence-corrected chi connectivity index (χ4v) is 3.22. The Morgan fingerprint density at radius 2 is 1.79 bits per heavy atom. The third-order valence-corrected chi connectivity index (χ3v) is 4.85. The molecule has 0 aliphatic heterocycles. The van der Waals surface area contributed by atoms with Gasteiger partial charge in [0.1, 0.15) is 11.8 Å². The normalized spacial score (nSPS) is 11.8. The molecule has 0 radical (unpaired) electrons. The first kappa shape index (κ1) is 22.5. The van der Waals surface area contributed by atoms with Gasteiger partial charge >= 0.3 is 0 Å². The standard InChI is InChI=1S/C24H32N2O3/c1-6-25-24(28)19(5)26(15-20-11-9-10-18(4)14-20)23(27)16-29-22-13-8-7-12-21(22)17(2)3/h7-14,17,19H,6,15-16H2,1-5H3,(H,25,28)/t19-/m1/s1. The average Bonchev–Trinajstić information content (AvgIpc) is 2.70. The van der Waals surface area contributed by atoms with Crippen molar-refractivity contribution < 1.29 is 14.3 Å². The Morgan fingerprint density at radius 3 is 2.45 bits per heavy atom. The minimum Gasteiger partial charge on any atom is -0.483 e. The Hall–Kier alpha value is -2.82. The van der Waals surface area contributed by atoms with Crippen LogP contribution in [0, 0.1) is 6.92 Å². The van der Waals surface area contributed by atoms with Crippen LogP contribution in [0.1, 0.15) is 50.3 Å². The van der Waals surface area contributed by atoms with Crippen molar-refractivity contribution in [3.05, 3.63) is 65.2 Å². The van der Waals surface area contributed by atoms with Crippen LogP contribution in [-0.4, -0.2) is 35.9 Å². The molecule has 0 bridgehead atoms. The van der Waals surface area contributed by atoms with Gasteiger partial charge in [0.25, 0.3) is 5.91 Å². The van der Waals surface area contributed by atoms with E-state index in [0.717, 1.165) is 16.7 Å². The monoisotopic (exact) mass is 396 g/mol. The lowest BCUT2D eigenvalue weighted by atomic mass is 10.0. The van der Waals surface area contributed by atoms with Crippen LogP contribution < -0.4 is 10.1 Å². The van der Waals surface area contributed by atoms with Gasteiger partial charge in [0.15, 0.2) is 6.61 Å². The summed E-state index contributed by atoms with van der Waals surface area (Å²) < 4.78 is 5.87. The molecule has 0 saturated carbocycles. The summed E-state index contributed by atoms with van der Waals surface area (Å²) in [6, 6.07) is 15.1. The third-order valence-electron chi connectivity index (χ3n) is 4.85. The highest BCUT2D eigenvalue weighted by Gasteiger charge is 2.26. The van der Waals surface area contributed by atoms with Gasteiger partial charge < -0.3 is 15.0 Å². The van der Waals surface area contributed by atoms with E-state index in [1.807, 2.05) is 62.4 Å². The maximum absolute atomic E-state index is 13.1. The van der Waals surface area contributed by atoms with E-state index >= 15 is 0 Å². The molecule has 0 heterocycles. The second kappa shape index (κ2) is 10.6. The number of para-hydroxylation sites is 1. The summed E-state index contributed by atoms with van der Waals surface area (Å²) in [6.07, 6.45) is 0. The van der Waals surface area contributed by atoms with Crippen molar-refractivity contribution >= 4 is 11.8 Å². The van der Waals surface area contributed by atoms with Gasteiger partial charge in [0, 0.05) is 13.1 Å². The van der Waals surface area contributed by atoms with Crippen LogP contribution in [0.3, 0.4) is 0 Å². The topological polar surface area (TPSA) is 58.6 Å². The van der Waals surface area contributed by atoms with E-state index in [1.54, 1.807) is 11.8 Å². The Kier molecular flexibility index (Phi) is 8.25. The summed E-state index contributed by atoms with van der Waals surface area (Å²) in [6.45, 7) is 10.6. The number of benzene rings is 2. The maximum Gasteiger partial charge on any atom is 0.261 e. The molecule has 0 unspecified atom stereocenters. The fraction of sp³-hybridized carbons (Fsp3) is 0.417. The van der Waals surface area contributed by atoms with Gasteiger partial charge in [-0.1, -0.05) is 61.9 Å². The summed E-state index contributed by atoms with van der Waals surface area (Å²) in [5, 5.41) is 2.80. The first-order valence-corrected chi connectivity index (χ1v) is 10.2. The lowest BCUT2D eigenvalue weighted by Gasteiger charge is -2.29. The van der Waals surface area contributed by atoms with Crippen molar-refractivity contribution in [1.29, 1.82) is 0 Å². The molecule has 1 N–H and O–H groups in total. The molecule has 0 aromatic heterocycles. The number of rotatable bonds is 9. The van der Waals surface area contributed by atoms with E-state index in [2.05, 4.69) is 19.2 Å². The van der Waals surface area contributed by atoms with Crippen molar-refractivity contribution in [2.75, 3.05) is 13.2 Å². The SMILES string of the molecule is CCNC(=O)[C@@H](C)N(Cc1cccc(C)c1)C(=O)COc1ccccc1C(C)C. The smallest absolute Gasteiger partial charge is 0.261 e. The summed E-state index contributed by atoms with van der Waals surface area (Å²) in [7, 11) is 0. The van der Waals surface area contributed by atoms with E-state index < -0.39 is 6.04 Å². The Bertz CT molecular complexity index is 832. The lowest BCUT2D eigenvalue weighted by Crippen LogP contribution is -2.49. The second-order valence-electron chi connectivity index (χ2n) is 7.56. The van der Waals surface area contributed by atoms with E-state index in [0.29, 0.717) is 24.8 Å². The van der Waals surface area contributed by atoms with E-state index in [1.165, 1.54) is 0 Å². The number of aryl methyl sites for hydroxylation is 1. The third kappa shape index (κ3) is 6.34. The molecular formula is C24H32N2O3. The highest BCUT2D eigenvalue weighted by atomic mass is 16.5. The molecule has 5 heteroatoms. The average molecular weight is 397 g/mol. The van der Waals surface area contributed by atoms with Gasteiger partial charge in [0.2, 0.25) is 5.91 Å². The van der Waals surface area contributed by atoms with Gasteiger partial charge in [-0.25, -0.2) is 0 Å². The highest BCUT2D eigenvalue weighted by Crippen LogP contribution is 2.26. The Morgan fingerprint density at radius 1 is 1.07 bits per heavy atom. The summed E-state index contributed by atoms with van der Waals surface area (Å²) in [5.41, 5.74) is 3.15. The number of amides is 2. The van der Waals surface area contributed by atoms with Crippen LogP contribution in [-0.2, 0) is 16.1 Å². The molecule has 1 atom stereocenters. The van der Waals surface area contributed by atoms with Crippen LogP contribution in [0.2, 0.25) is 0 Å². The van der Waals surface area contributed by atoms with Gasteiger partial charge in [-0.2, -0.15) is 0 Å². The molecule has 0 aliphatic carbocycles. The number of nitrogens with one attached hydrogen (secondary N) is 1. The molecule has 0 aliphatic rings. The molecule has 5 nitrogen and oxygen atoms in total. The quantitative estimate of drug-likeness (QED) is 0.696. The van der Waals surface area contributed by atoms with Crippen molar-refractivity contribution in [2.24, 2.45) is 0 Å². The molecule has 2 aromatic carbocycles. The zero-order valence-electron chi connectivity index (χ0n) is 18.1. The molecular weight excluding hydrogens is 364 g/mol. The first-order chi connectivity index (χ1) is 13.8. The summed E-state index contributed by atoms with van der Waals surface area (Å²) in [5.74, 6) is 0.607. The predicted octanol–water partition coefficient (Wildman–Crippen LogP) is 4.05. The van der Waals surface area contributed by atoms with Crippen molar-refractivity contribution in [3.8, 4) is 5.75 Å². The molecule has 0 saturated heterocycles. The maximum atomic E-state index is 13.1. The summed E-state index contributed by atoms with van der Waals surface area (Å²) in [4.78, 5) is 27.1. The minimum atomic E-state index is -0.591. The molecule has 2 rings (SSSR count). The van der Waals surface area contributed by atoms with Gasteiger partial charge in [-0.05, 0) is 43.9 Å². The van der Waals surface area contributed by atoms with Crippen LogP contribution in [0.5, 0.6) is 5.75 Å². The number of hydrogen-bond donors (Lipinski definition) is 1. The largest absolute Gasteiger partial charge is 0.483 e. The number of hydrogen-bond acceptors (Lipinski definition) is 3. The van der Waals surface area contributed by atoms with Crippen LogP contribution in [0.25, 0.3) is 0 Å². The van der Waals surface area contributed by atoms with Crippen molar-refractivity contribution in [3.63, 3.8) is 0 Å². The number of carbonyl (C=O) groups is 2. The van der Waals surface area contributed by atoms with Gasteiger partial charge in [0.05, 0.1) is 0 Å². The molecule has 156 valence electrons.